The highest BCUT2D eigenvalue weighted by molar-refractivity contribution is 5.69. The number of fused-ring (bicyclic) bond motifs is 1. The molecule has 2 N–H and O–H groups in total. The predicted molar refractivity (Wildman–Crippen MR) is 85.1 cm³/mol. The normalized spacial score (nSPS) is 10.6. The highest BCUT2D eigenvalue weighted by Crippen LogP contribution is 2.34. The van der Waals surface area contributed by atoms with Crippen LogP contribution in [0.5, 0.6) is 17.2 Å². The van der Waals surface area contributed by atoms with Crippen LogP contribution in [-0.4, -0.2) is 41.3 Å². The van der Waals surface area contributed by atoms with E-state index in [1.165, 1.54) is 0 Å². The Morgan fingerprint density at radius 2 is 1.78 bits per heavy atom. The van der Waals surface area contributed by atoms with Crippen molar-refractivity contribution in [1.82, 2.24) is 19.9 Å². The van der Waals surface area contributed by atoms with E-state index in [2.05, 4.69) is 25.3 Å². The molecule has 0 unspecified atom stereocenters. The average molecular weight is 315 g/mol. The smallest absolute Gasteiger partial charge is 0.225 e. The maximum absolute atomic E-state index is 5.42. The molecule has 2 heterocycles. The molecule has 23 heavy (non-hydrogen) atoms. The Morgan fingerprint density at radius 1 is 1.04 bits per heavy atom. The lowest BCUT2D eigenvalue weighted by Crippen LogP contribution is -2.07. The fourth-order valence-corrected chi connectivity index (χ4v) is 2.24. The number of hydrogen-bond donors (Lipinski definition) is 2. The number of anilines is 1. The van der Waals surface area contributed by atoms with Gasteiger partial charge in [-0.15, -0.1) is 0 Å². The summed E-state index contributed by atoms with van der Waals surface area (Å²) in [7, 11) is 4.80. The molecule has 1 aromatic carbocycles. The minimum Gasteiger partial charge on any atom is -0.496 e. The summed E-state index contributed by atoms with van der Waals surface area (Å²) < 4.78 is 16.1. The Morgan fingerprint density at radius 3 is 2.43 bits per heavy atom. The number of ether oxygens (including phenoxy) is 3. The van der Waals surface area contributed by atoms with Crippen LogP contribution >= 0.6 is 0 Å². The second kappa shape index (κ2) is 6.39. The van der Waals surface area contributed by atoms with E-state index in [-0.39, 0.29) is 0 Å². The molecule has 0 saturated heterocycles. The molecule has 8 heteroatoms. The second-order valence-corrected chi connectivity index (χ2v) is 4.70. The first-order chi connectivity index (χ1) is 11.2. The van der Waals surface area contributed by atoms with Gasteiger partial charge in [-0.25, -0.2) is 9.97 Å². The van der Waals surface area contributed by atoms with Gasteiger partial charge in [0.05, 0.1) is 46.0 Å². The number of nitrogens with one attached hydrogen (secondary N) is 2. The highest BCUT2D eigenvalue weighted by atomic mass is 16.5. The molecule has 0 saturated carbocycles. The molecular weight excluding hydrogens is 298 g/mol. The van der Waals surface area contributed by atoms with Gasteiger partial charge in [0.2, 0.25) is 5.95 Å². The second-order valence-electron chi connectivity index (χ2n) is 4.70. The quantitative estimate of drug-likeness (QED) is 0.718. The molecule has 0 radical (unpaired) electrons. The number of aromatic nitrogens is 4. The molecule has 0 aliphatic carbocycles. The summed E-state index contributed by atoms with van der Waals surface area (Å²) in [5, 5.41) is 3.15. The molecule has 0 bridgehead atoms. The largest absolute Gasteiger partial charge is 0.496 e. The number of H-pyrrole nitrogens is 1. The standard InChI is InChI=1S/C15H17N5O3/c1-21-9-4-12(22-2)10(13(5-9)23-3)6-16-15-17-7-11-14(20-15)19-8-18-11/h4-5,7-8H,6H2,1-3H3,(H2,16,17,18,19,20). The molecule has 0 fully saturated rings. The number of aromatic amines is 1. The zero-order valence-corrected chi connectivity index (χ0v) is 13.1. The zero-order chi connectivity index (χ0) is 16.2. The first-order valence-electron chi connectivity index (χ1n) is 6.94. The summed E-state index contributed by atoms with van der Waals surface area (Å²) in [4.78, 5) is 15.6. The van der Waals surface area contributed by atoms with Gasteiger partial charge >= 0.3 is 0 Å². The maximum Gasteiger partial charge on any atom is 0.225 e. The number of imidazole rings is 1. The van der Waals surface area contributed by atoms with Gasteiger partial charge < -0.3 is 24.5 Å². The van der Waals surface area contributed by atoms with Crippen LogP contribution < -0.4 is 19.5 Å². The van der Waals surface area contributed by atoms with Crippen LogP contribution in [0, 0.1) is 0 Å². The number of hydrogen-bond acceptors (Lipinski definition) is 7. The summed E-state index contributed by atoms with van der Waals surface area (Å²) in [5.74, 6) is 2.46. The number of methoxy groups -OCH3 is 3. The minimum atomic E-state index is 0.437. The lowest BCUT2D eigenvalue weighted by Gasteiger charge is -2.15. The van der Waals surface area contributed by atoms with Crippen molar-refractivity contribution in [2.24, 2.45) is 0 Å². The highest BCUT2D eigenvalue weighted by Gasteiger charge is 2.13. The number of nitrogens with zero attached hydrogens (tertiary/aromatic N) is 3. The van der Waals surface area contributed by atoms with E-state index in [1.54, 1.807) is 46.0 Å². The Hall–Kier alpha value is -3.03. The van der Waals surface area contributed by atoms with Crippen molar-refractivity contribution in [2.45, 2.75) is 6.54 Å². The van der Waals surface area contributed by atoms with Crippen LogP contribution in [0.1, 0.15) is 5.56 Å². The summed E-state index contributed by atoms with van der Waals surface area (Å²) in [6, 6.07) is 3.61. The molecule has 2 aromatic heterocycles. The predicted octanol–water partition coefficient (Wildman–Crippen LogP) is 1.99. The van der Waals surface area contributed by atoms with Crippen LogP contribution in [0.4, 0.5) is 5.95 Å². The summed E-state index contributed by atoms with van der Waals surface area (Å²) >= 11 is 0. The minimum absolute atomic E-state index is 0.437. The molecule has 8 nitrogen and oxygen atoms in total. The third kappa shape index (κ3) is 2.96. The first kappa shape index (κ1) is 14.9. The lowest BCUT2D eigenvalue weighted by atomic mass is 10.1. The van der Waals surface area contributed by atoms with E-state index in [1.807, 2.05) is 0 Å². The van der Waals surface area contributed by atoms with Gasteiger partial charge in [-0.05, 0) is 0 Å². The third-order valence-electron chi connectivity index (χ3n) is 3.42. The molecule has 0 spiro atoms. The third-order valence-corrected chi connectivity index (χ3v) is 3.42. The SMILES string of the molecule is COc1cc(OC)c(CNc2ncc3[nH]cnc3n2)c(OC)c1. The Bertz CT molecular complexity index is 793. The van der Waals surface area contributed by atoms with Gasteiger partial charge in [0.25, 0.3) is 0 Å². The van der Waals surface area contributed by atoms with Crippen molar-refractivity contribution in [3.05, 3.63) is 30.2 Å². The van der Waals surface area contributed by atoms with Crippen molar-refractivity contribution >= 4 is 17.1 Å². The Kier molecular flexibility index (Phi) is 4.13. The van der Waals surface area contributed by atoms with Gasteiger partial charge in [-0.3, -0.25) is 0 Å². The molecule has 0 aliphatic rings. The molecule has 0 atom stereocenters. The first-order valence-corrected chi connectivity index (χ1v) is 6.94. The Labute approximate surface area is 132 Å². The molecule has 120 valence electrons. The molecule has 0 amide bonds. The van der Waals surface area contributed by atoms with Crippen LogP contribution in [-0.2, 0) is 6.54 Å². The lowest BCUT2D eigenvalue weighted by molar-refractivity contribution is 0.369. The monoisotopic (exact) mass is 315 g/mol. The average Bonchev–Trinajstić information content (AvgIpc) is 3.06. The molecule has 3 aromatic rings. The molecule has 3 rings (SSSR count). The van der Waals surface area contributed by atoms with Crippen molar-refractivity contribution in [2.75, 3.05) is 26.6 Å². The van der Waals surface area contributed by atoms with Crippen molar-refractivity contribution in [3.63, 3.8) is 0 Å². The van der Waals surface area contributed by atoms with Gasteiger partial charge in [0, 0.05) is 12.1 Å². The van der Waals surface area contributed by atoms with Crippen LogP contribution in [0.25, 0.3) is 11.2 Å². The van der Waals surface area contributed by atoms with Crippen LogP contribution in [0.3, 0.4) is 0 Å². The molecule has 0 aliphatic heterocycles. The zero-order valence-electron chi connectivity index (χ0n) is 13.1. The van der Waals surface area contributed by atoms with E-state index in [0.29, 0.717) is 35.4 Å². The summed E-state index contributed by atoms with van der Waals surface area (Å²) in [5.41, 5.74) is 2.24. The topological polar surface area (TPSA) is 94.2 Å². The van der Waals surface area contributed by atoms with Gasteiger partial charge in [-0.1, -0.05) is 0 Å². The molecular formula is C15H17N5O3. The van der Waals surface area contributed by atoms with Crippen LogP contribution in [0.15, 0.2) is 24.7 Å². The number of rotatable bonds is 6. The maximum atomic E-state index is 5.42. The van der Waals surface area contributed by atoms with E-state index < -0.39 is 0 Å². The fraction of sp³-hybridized carbons (Fsp3) is 0.267. The van der Waals surface area contributed by atoms with E-state index in [0.717, 1.165) is 11.1 Å². The van der Waals surface area contributed by atoms with Gasteiger partial charge in [0.15, 0.2) is 5.65 Å². The summed E-state index contributed by atoms with van der Waals surface area (Å²) in [6.07, 6.45) is 3.26. The van der Waals surface area contributed by atoms with Crippen molar-refractivity contribution < 1.29 is 14.2 Å². The summed E-state index contributed by atoms with van der Waals surface area (Å²) in [6.45, 7) is 0.437. The van der Waals surface area contributed by atoms with E-state index >= 15 is 0 Å². The Balaban J connectivity index is 1.86. The van der Waals surface area contributed by atoms with E-state index in [4.69, 9.17) is 14.2 Å². The van der Waals surface area contributed by atoms with Gasteiger partial charge in [-0.2, -0.15) is 4.98 Å². The van der Waals surface area contributed by atoms with Crippen molar-refractivity contribution in [1.29, 1.82) is 0 Å². The van der Waals surface area contributed by atoms with E-state index in [9.17, 15) is 0 Å². The fourth-order valence-electron chi connectivity index (χ4n) is 2.24. The van der Waals surface area contributed by atoms with Gasteiger partial charge in [0.1, 0.15) is 22.8 Å². The number of benzene rings is 1. The van der Waals surface area contributed by atoms with Crippen LogP contribution in [0.2, 0.25) is 0 Å². The van der Waals surface area contributed by atoms with Crippen molar-refractivity contribution in [3.8, 4) is 17.2 Å².